The Kier molecular flexibility index (Phi) is 3.04. The fourth-order valence-electron chi connectivity index (χ4n) is 2.35. The highest BCUT2D eigenvalue weighted by Crippen LogP contribution is 2.21. The summed E-state index contributed by atoms with van der Waals surface area (Å²) in [6, 6.07) is 8.67. The predicted octanol–water partition coefficient (Wildman–Crippen LogP) is 1.97. The van der Waals surface area contributed by atoms with Gasteiger partial charge in [0.15, 0.2) is 0 Å². The van der Waals surface area contributed by atoms with Crippen molar-refractivity contribution >= 4 is 28.1 Å². The number of carbonyl (C=O) groups excluding carboxylic acids is 1. The Bertz CT molecular complexity index is 868. The fraction of sp³-hybridized carbons (Fsp3) is 0.133. The number of rotatable bonds is 3. The van der Waals surface area contributed by atoms with E-state index in [-0.39, 0.29) is 12.3 Å². The molecule has 0 saturated heterocycles. The number of aromatic nitrogens is 2. The Hall–Kier alpha value is -2.53. The Morgan fingerprint density at radius 2 is 2.15 bits per heavy atom. The van der Waals surface area contributed by atoms with Crippen molar-refractivity contribution in [1.29, 1.82) is 0 Å². The number of pyridine rings is 2. The van der Waals surface area contributed by atoms with Crippen LogP contribution in [-0.4, -0.2) is 22.9 Å². The maximum Gasteiger partial charge on any atom is 0.262 e. The van der Waals surface area contributed by atoms with Crippen LogP contribution in [0.25, 0.3) is 21.8 Å². The van der Waals surface area contributed by atoms with Gasteiger partial charge in [-0.2, -0.15) is 0 Å². The Morgan fingerprint density at radius 1 is 1.30 bits per heavy atom. The number of carbonyl (C=O) groups is 1. The molecule has 2 aromatic heterocycles. The van der Waals surface area contributed by atoms with Crippen LogP contribution in [-0.2, 0) is 11.5 Å². The minimum absolute atomic E-state index is 0.127. The summed E-state index contributed by atoms with van der Waals surface area (Å²) >= 11 is 0. The van der Waals surface area contributed by atoms with Gasteiger partial charge in [-0.05, 0) is 24.3 Å². The van der Waals surface area contributed by atoms with E-state index >= 15 is 0 Å². The summed E-state index contributed by atoms with van der Waals surface area (Å²) in [6.07, 6.45) is 2.40. The summed E-state index contributed by atoms with van der Waals surface area (Å²) in [4.78, 5) is 27.7. The average molecular weight is 268 g/mol. The highest BCUT2D eigenvalue weighted by atomic mass is 16.5. The molecule has 0 bridgehead atoms. The van der Waals surface area contributed by atoms with Crippen LogP contribution in [0.4, 0.5) is 0 Å². The summed E-state index contributed by atoms with van der Waals surface area (Å²) in [6.45, 7) is 0.127. The highest BCUT2D eigenvalue weighted by Gasteiger charge is 2.11. The van der Waals surface area contributed by atoms with Gasteiger partial charge in [-0.25, -0.2) is 0 Å². The van der Waals surface area contributed by atoms with Gasteiger partial charge in [-0.1, -0.05) is 6.07 Å². The Balaban J connectivity index is 2.55. The molecule has 3 rings (SSSR count). The van der Waals surface area contributed by atoms with Gasteiger partial charge in [0.1, 0.15) is 13.0 Å². The molecule has 0 aliphatic heterocycles. The number of methoxy groups -OCH3 is 1. The zero-order chi connectivity index (χ0) is 14.1. The summed E-state index contributed by atoms with van der Waals surface area (Å²) < 4.78 is 6.60. The first-order valence-corrected chi connectivity index (χ1v) is 6.11. The lowest BCUT2D eigenvalue weighted by molar-refractivity contribution is 0.112. The van der Waals surface area contributed by atoms with E-state index in [2.05, 4.69) is 4.98 Å². The molecule has 0 N–H and O–H groups in total. The van der Waals surface area contributed by atoms with Crippen molar-refractivity contribution in [2.45, 2.75) is 6.73 Å². The maximum absolute atomic E-state index is 12.5. The van der Waals surface area contributed by atoms with Crippen LogP contribution >= 0.6 is 0 Å². The van der Waals surface area contributed by atoms with Gasteiger partial charge < -0.3 is 4.74 Å². The van der Waals surface area contributed by atoms with Gasteiger partial charge in [0.2, 0.25) is 0 Å². The van der Waals surface area contributed by atoms with Crippen molar-refractivity contribution in [3.8, 4) is 0 Å². The molecule has 2 heterocycles. The smallest absolute Gasteiger partial charge is 0.262 e. The quantitative estimate of drug-likeness (QED) is 0.538. The van der Waals surface area contributed by atoms with E-state index in [1.807, 2.05) is 0 Å². The summed E-state index contributed by atoms with van der Waals surface area (Å²) in [5.74, 6) is 0. The van der Waals surface area contributed by atoms with Crippen LogP contribution in [0.1, 0.15) is 10.4 Å². The molecule has 0 fully saturated rings. The molecule has 0 unspecified atom stereocenters. The van der Waals surface area contributed by atoms with Gasteiger partial charge in [-0.15, -0.1) is 0 Å². The molecule has 3 aromatic rings. The molecule has 1 aromatic carbocycles. The lowest BCUT2D eigenvalue weighted by Gasteiger charge is -2.12. The second-order valence-electron chi connectivity index (χ2n) is 4.44. The molecule has 5 heteroatoms. The average Bonchev–Trinajstić information content (AvgIpc) is 2.51. The van der Waals surface area contributed by atoms with Crippen LogP contribution in [0.3, 0.4) is 0 Å². The number of hydrogen-bond donors (Lipinski definition) is 0. The summed E-state index contributed by atoms with van der Waals surface area (Å²) in [5, 5.41) is 1.36. The van der Waals surface area contributed by atoms with Gasteiger partial charge in [0, 0.05) is 24.3 Å². The second-order valence-corrected chi connectivity index (χ2v) is 4.44. The molecule has 0 aliphatic carbocycles. The van der Waals surface area contributed by atoms with Crippen molar-refractivity contribution in [2.75, 3.05) is 7.11 Å². The van der Waals surface area contributed by atoms with Crippen LogP contribution in [0.2, 0.25) is 0 Å². The predicted molar refractivity (Wildman–Crippen MR) is 75.9 cm³/mol. The lowest BCUT2D eigenvalue weighted by Crippen LogP contribution is -2.22. The van der Waals surface area contributed by atoms with Gasteiger partial charge in [-0.3, -0.25) is 19.1 Å². The van der Waals surface area contributed by atoms with E-state index in [1.54, 1.807) is 36.5 Å². The molecule has 100 valence electrons. The molecular weight excluding hydrogens is 256 g/mol. The zero-order valence-electron chi connectivity index (χ0n) is 10.9. The van der Waals surface area contributed by atoms with Crippen LogP contribution in [0.5, 0.6) is 0 Å². The fourth-order valence-corrected chi connectivity index (χ4v) is 2.35. The minimum atomic E-state index is -0.175. The molecule has 5 nitrogen and oxygen atoms in total. The van der Waals surface area contributed by atoms with E-state index in [4.69, 9.17) is 4.74 Å². The maximum atomic E-state index is 12.5. The number of aldehydes is 1. The van der Waals surface area contributed by atoms with E-state index in [9.17, 15) is 9.59 Å². The zero-order valence-corrected chi connectivity index (χ0v) is 10.9. The molecule has 0 aliphatic rings. The number of hydrogen-bond acceptors (Lipinski definition) is 4. The molecule has 0 saturated carbocycles. The number of benzene rings is 1. The Morgan fingerprint density at radius 3 is 2.90 bits per heavy atom. The number of nitrogens with zero attached hydrogens (tertiary/aromatic N) is 2. The molecule has 0 atom stereocenters. The SMILES string of the molecule is COCn1c(=O)c2cccnc2c2ccc(C=O)cc21. The summed E-state index contributed by atoms with van der Waals surface area (Å²) in [7, 11) is 1.52. The van der Waals surface area contributed by atoms with Crippen molar-refractivity contribution in [2.24, 2.45) is 0 Å². The first-order chi connectivity index (χ1) is 9.76. The molecule has 0 radical (unpaired) electrons. The van der Waals surface area contributed by atoms with E-state index in [1.165, 1.54) is 11.7 Å². The van der Waals surface area contributed by atoms with Crippen molar-refractivity contribution in [1.82, 2.24) is 9.55 Å². The third kappa shape index (κ3) is 1.80. The van der Waals surface area contributed by atoms with E-state index < -0.39 is 0 Å². The van der Waals surface area contributed by atoms with Crippen molar-refractivity contribution < 1.29 is 9.53 Å². The van der Waals surface area contributed by atoms with Gasteiger partial charge in [0.05, 0.1) is 16.4 Å². The van der Waals surface area contributed by atoms with Crippen molar-refractivity contribution in [3.63, 3.8) is 0 Å². The third-order valence-corrected chi connectivity index (χ3v) is 3.25. The lowest BCUT2D eigenvalue weighted by atomic mass is 10.1. The van der Waals surface area contributed by atoms with Crippen molar-refractivity contribution in [3.05, 3.63) is 52.4 Å². The van der Waals surface area contributed by atoms with E-state index in [0.717, 1.165) is 11.7 Å². The highest BCUT2D eigenvalue weighted by molar-refractivity contribution is 6.04. The van der Waals surface area contributed by atoms with E-state index in [0.29, 0.717) is 22.0 Å². The third-order valence-electron chi connectivity index (χ3n) is 3.25. The standard InChI is InChI=1S/C15H12N2O3/c1-20-9-17-13-7-10(8-18)4-5-11(13)14-12(15(17)19)3-2-6-16-14/h2-8H,9H2,1H3. The molecular formula is C15H12N2O3. The van der Waals surface area contributed by atoms with Crippen LogP contribution in [0, 0.1) is 0 Å². The molecule has 20 heavy (non-hydrogen) atoms. The normalized spacial score (nSPS) is 11.1. The largest absolute Gasteiger partial charge is 0.364 e. The first kappa shape index (κ1) is 12.5. The molecule has 0 amide bonds. The number of fused-ring (bicyclic) bond motifs is 3. The Labute approximate surface area is 114 Å². The topological polar surface area (TPSA) is 61.2 Å². The molecule has 0 spiro atoms. The second kappa shape index (κ2) is 4.86. The monoisotopic (exact) mass is 268 g/mol. The van der Waals surface area contributed by atoms with Crippen LogP contribution in [0.15, 0.2) is 41.3 Å². The van der Waals surface area contributed by atoms with Gasteiger partial charge in [0.25, 0.3) is 5.56 Å². The van der Waals surface area contributed by atoms with Crippen LogP contribution < -0.4 is 5.56 Å². The minimum Gasteiger partial charge on any atom is -0.364 e. The first-order valence-electron chi connectivity index (χ1n) is 6.11. The number of ether oxygens (including phenoxy) is 1. The van der Waals surface area contributed by atoms with Gasteiger partial charge >= 0.3 is 0 Å². The summed E-state index contributed by atoms with van der Waals surface area (Å²) in [5.41, 5.74) is 1.62.